The summed E-state index contributed by atoms with van der Waals surface area (Å²) in [6.45, 7) is 10.2. The Morgan fingerprint density at radius 1 is 1.19 bits per heavy atom. The van der Waals surface area contributed by atoms with Gasteiger partial charge in [-0.25, -0.2) is 0 Å². The number of ether oxygens (including phenoxy) is 2. The molecule has 0 bridgehead atoms. The van der Waals surface area contributed by atoms with E-state index in [0.717, 1.165) is 61.5 Å². The van der Waals surface area contributed by atoms with E-state index in [-0.39, 0.29) is 41.7 Å². The predicted octanol–water partition coefficient (Wildman–Crippen LogP) is 4.05. The Morgan fingerprint density at radius 2 is 1.94 bits per heavy atom. The van der Waals surface area contributed by atoms with Gasteiger partial charge in [0.15, 0.2) is 5.96 Å². The van der Waals surface area contributed by atoms with Crippen LogP contribution in [0.3, 0.4) is 0 Å². The number of hydrogen-bond donors (Lipinski definition) is 2. The minimum absolute atomic E-state index is 0. The van der Waals surface area contributed by atoms with Crippen molar-refractivity contribution in [2.24, 2.45) is 4.99 Å². The van der Waals surface area contributed by atoms with Gasteiger partial charge in [0.1, 0.15) is 22.9 Å². The first-order chi connectivity index (χ1) is 14.9. The number of aryl methyl sites for hydroxylation is 1. The van der Waals surface area contributed by atoms with Crippen LogP contribution in [0.1, 0.15) is 49.4 Å². The van der Waals surface area contributed by atoms with Gasteiger partial charge in [-0.05, 0) is 39.0 Å². The normalized spacial score (nSPS) is 21.6. The number of furan rings is 1. The summed E-state index contributed by atoms with van der Waals surface area (Å²) in [5.41, 5.74) is 0.920. The second kappa shape index (κ2) is 10.9. The molecule has 2 N–H and O–H groups in total. The molecule has 0 aliphatic carbocycles. The smallest absolute Gasteiger partial charge is 0.191 e. The number of fused-ring (bicyclic) bond motifs is 1. The third-order valence-corrected chi connectivity index (χ3v) is 5.95. The molecule has 2 atom stereocenters. The van der Waals surface area contributed by atoms with Crippen molar-refractivity contribution in [1.82, 2.24) is 15.5 Å². The van der Waals surface area contributed by atoms with Crippen LogP contribution >= 0.6 is 24.0 Å². The van der Waals surface area contributed by atoms with Crippen LogP contribution in [0.5, 0.6) is 5.75 Å². The number of nitrogens with zero attached hydrogens (tertiary/aromatic N) is 2. The van der Waals surface area contributed by atoms with Crippen molar-refractivity contribution in [2.75, 3.05) is 39.9 Å². The van der Waals surface area contributed by atoms with Crippen molar-refractivity contribution < 1.29 is 13.9 Å². The van der Waals surface area contributed by atoms with E-state index in [4.69, 9.17) is 13.9 Å². The second-order valence-electron chi connectivity index (χ2n) is 8.87. The zero-order valence-electron chi connectivity index (χ0n) is 19.4. The van der Waals surface area contributed by atoms with Gasteiger partial charge in [0.2, 0.25) is 0 Å². The molecule has 1 fully saturated rings. The SMILES string of the molecule is CN=C(NCC(c1ccc(C)o1)N1CCOCC1)NC1CC(C)(C)Oc2ccccc21.I. The van der Waals surface area contributed by atoms with E-state index in [1.807, 2.05) is 32.2 Å². The highest BCUT2D eigenvalue weighted by atomic mass is 127. The third-order valence-electron chi connectivity index (χ3n) is 5.95. The Morgan fingerprint density at radius 3 is 2.62 bits per heavy atom. The standard InChI is InChI=1S/C24H34N4O3.HI/c1-17-9-10-22(30-17)20(28-11-13-29-14-12-28)16-26-23(25-4)27-19-15-24(2,3)31-21-8-6-5-7-18(19)21;/h5-10,19-20H,11-16H2,1-4H3,(H2,25,26,27);1H. The van der Waals surface area contributed by atoms with Gasteiger partial charge in [-0.3, -0.25) is 9.89 Å². The summed E-state index contributed by atoms with van der Waals surface area (Å²) < 4.78 is 17.7. The average Bonchev–Trinajstić information content (AvgIpc) is 3.19. The number of guanidine groups is 1. The first kappa shape index (κ1) is 24.9. The van der Waals surface area contributed by atoms with E-state index >= 15 is 0 Å². The van der Waals surface area contributed by atoms with Crippen molar-refractivity contribution in [3.8, 4) is 5.75 Å². The lowest BCUT2D eigenvalue weighted by atomic mass is 9.90. The Bertz CT molecular complexity index is 908. The number of hydrogen-bond acceptors (Lipinski definition) is 5. The minimum Gasteiger partial charge on any atom is -0.487 e. The van der Waals surface area contributed by atoms with Gasteiger partial charge in [0.05, 0.1) is 25.3 Å². The maximum Gasteiger partial charge on any atom is 0.191 e. The maximum atomic E-state index is 6.17. The Hall–Kier alpha value is -1.78. The fourth-order valence-electron chi connectivity index (χ4n) is 4.42. The number of para-hydroxylation sites is 1. The van der Waals surface area contributed by atoms with Gasteiger partial charge in [-0.1, -0.05) is 18.2 Å². The summed E-state index contributed by atoms with van der Waals surface area (Å²) in [6.07, 6.45) is 0.856. The minimum atomic E-state index is -0.243. The highest BCUT2D eigenvalue weighted by Crippen LogP contribution is 2.39. The van der Waals surface area contributed by atoms with E-state index < -0.39 is 0 Å². The molecule has 0 spiro atoms. The molecule has 8 heteroatoms. The summed E-state index contributed by atoms with van der Waals surface area (Å²) in [7, 11) is 1.81. The molecule has 32 heavy (non-hydrogen) atoms. The molecule has 2 unspecified atom stereocenters. The van der Waals surface area contributed by atoms with Crippen molar-refractivity contribution in [1.29, 1.82) is 0 Å². The summed E-state index contributed by atoms with van der Waals surface area (Å²) in [4.78, 5) is 6.91. The fourth-order valence-corrected chi connectivity index (χ4v) is 4.42. The Balaban J connectivity index is 0.00000289. The van der Waals surface area contributed by atoms with Crippen LogP contribution in [-0.2, 0) is 4.74 Å². The topological polar surface area (TPSA) is 71.3 Å². The van der Waals surface area contributed by atoms with Gasteiger partial charge >= 0.3 is 0 Å². The van der Waals surface area contributed by atoms with E-state index in [1.165, 1.54) is 0 Å². The molecule has 176 valence electrons. The molecule has 1 saturated heterocycles. The average molecular weight is 554 g/mol. The monoisotopic (exact) mass is 554 g/mol. The molecule has 3 heterocycles. The highest BCUT2D eigenvalue weighted by molar-refractivity contribution is 14.0. The number of aliphatic imine (C=N–C) groups is 1. The zero-order valence-corrected chi connectivity index (χ0v) is 21.7. The molecule has 1 aromatic carbocycles. The van der Waals surface area contributed by atoms with Gasteiger partial charge < -0.3 is 24.5 Å². The van der Waals surface area contributed by atoms with Crippen molar-refractivity contribution in [2.45, 2.75) is 44.9 Å². The lowest BCUT2D eigenvalue weighted by molar-refractivity contribution is 0.0124. The summed E-state index contributed by atoms with van der Waals surface area (Å²) in [6, 6.07) is 12.6. The number of halogens is 1. The Labute approximate surface area is 208 Å². The van der Waals surface area contributed by atoms with Crippen LogP contribution in [0, 0.1) is 6.92 Å². The van der Waals surface area contributed by atoms with Crippen molar-refractivity contribution >= 4 is 29.9 Å². The zero-order chi connectivity index (χ0) is 21.8. The molecule has 2 aromatic rings. The van der Waals surface area contributed by atoms with Crippen LogP contribution in [-0.4, -0.2) is 56.4 Å². The first-order valence-corrected chi connectivity index (χ1v) is 11.1. The lowest BCUT2D eigenvalue weighted by Crippen LogP contribution is -2.48. The molecule has 2 aliphatic rings. The Kier molecular flexibility index (Phi) is 8.46. The van der Waals surface area contributed by atoms with Crippen LogP contribution in [0.15, 0.2) is 45.8 Å². The van der Waals surface area contributed by atoms with E-state index in [2.05, 4.69) is 52.6 Å². The lowest BCUT2D eigenvalue weighted by Gasteiger charge is -2.38. The number of benzene rings is 1. The van der Waals surface area contributed by atoms with E-state index in [1.54, 1.807) is 0 Å². The molecule has 4 rings (SSSR count). The van der Waals surface area contributed by atoms with E-state index in [9.17, 15) is 0 Å². The molecule has 1 aromatic heterocycles. The predicted molar refractivity (Wildman–Crippen MR) is 137 cm³/mol. The number of nitrogens with one attached hydrogen (secondary N) is 2. The first-order valence-electron chi connectivity index (χ1n) is 11.1. The van der Waals surface area contributed by atoms with Crippen LogP contribution in [0.4, 0.5) is 0 Å². The third kappa shape index (κ3) is 5.96. The van der Waals surface area contributed by atoms with E-state index in [0.29, 0.717) is 6.54 Å². The van der Waals surface area contributed by atoms with Crippen LogP contribution in [0.25, 0.3) is 0 Å². The summed E-state index contributed by atoms with van der Waals surface area (Å²) in [5, 5.41) is 7.15. The summed E-state index contributed by atoms with van der Waals surface area (Å²) >= 11 is 0. The quantitative estimate of drug-likeness (QED) is 0.330. The molecule has 0 amide bonds. The second-order valence-corrected chi connectivity index (χ2v) is 8.87. The summed E-state index contributed by atoms with van der Waals surface area (Å²) in [5.74, 6) is 3.61. The molecular formula is C24H35IN4O3. The molecule has 0 saturated carbocycles. The van der Waals surface area contributed by atoms with Crippen LogP contribution in [0.2, 0.25) is 0 Å². The van der Waals surface area contributed by atoms with Crippen LogP contribution < -0.4 is 15.4 Å². The number of morpholine rings is 1. The van der Waals surface area contributed by atoms with Gasteiger partial charge in [0, 0.05) is 38.7 Å². The molecular weight excluding hydrogens is 519 g/mol. The maximum absolute atomic E-state index is 6.17. The van der Waals surface area contributed by atoms with Gasteiger partial charge in [0.25, 0.3) is 0 Å². The molecule has 0 radical (unpaired) electrons. The largest absolute Gasteiger partial charge is 0.487 e. The van der Waals surface area contributed by atoms with Crippen molar-refractivity contribution in [3.05, 3.63) is 53.5 Å². The number of rotatable bonds is 5. The van der Waals surface area contributed by atoms with Gasteiger partial charge in [-0.2, -0.15) is 0 Å². The fraction of sp³-hybridized carbons (Fsp3) is 0.542. The molecule has 7 nitrogen and oxygen atoms in total. The van der Waals surface area contributed by atoms with Crippen molar-refractivity contribution in [3.63, 3.8) is 0 Å². The highest BCUT2D eigenvalue weighted by Gasteiger charge is 2.34. The van der Waals surface area contributed by atoms with Gasteiger partial charge in [-0.15, -0.1) is 24.0 Å². The molecule has 2 aliphatic heterocycles.